The first-order valence-electron chi connectivity index (χ1n) is 7.27. The molecule has 7 heteroatoms. The van der Waals surface area contributed by atoms with Crippen LogP contribution in [0.1, 0.15) is 13.3 Å². The normalized spacial score (nSPS) is 32.5. The Balaban J connectivity index is 0.000000396. The molecule has 5 atom stereocenters. The molecule has 2 aliphatic heterocycles. The van der Waals surface area contributed by atoms with Gasteiger partial charge in [0.25, 0.3) is 0 Å². The van der Waals surface area contributed by atoms with Crippen LogP contribution in [-0.4, -0.2) is 64.3 Å². The molecule has 2 heterocycles. The van der Waals surface area contributed by atoms with E-state index in [2.05, 4.69) is 0 Å². The average Bonchev–Trinajstić information content (AvgIpc) is 3.31. The Labute approximate surface area is 128 Å². The third kappa shape index (κ3) is 4.08. The Kier molecular flexibility index (Phi) is 5.98. The van der Waals surface area contributed by atoms with Crippen molar-refractivity contribution in [1.29, 1.82) is 0 Å². The van der Waals surface area contributed by atoms with Gasteiger partial charge in [-0.1, -0.05) is 6.92 Å². The Hall–Kier alpha value is -1.38. The molecule has 0 saturated carbocycles. The average molecular weight is 314 g/mol. The van der Waals surface area contributed by atoms with Crippen LogP contribution in [0.5, 0.6) is 11.5 Å². The van der Waals surface area contributed by atoms with E-state index < -0.39 is 24.6 Å². The van der Waals surface area contributed by atoms with Crippen LogP contribution in [0.3, 0.4) is 0 Å². The van der Waals surface area contributed by atoms with Gasteiger partial charge in [-0.05, 0) is 30.7 Å². The minimum Gasteiger partial charge on any atom is -0.508 e. The van der Waals surface area contributed by atoms with Gasteiger partial charge < -0.3 is 34.6 Å². The van der Waals surface area contributed by atoms with E-state index in [9.17, 15) is 10.2 Å². The molecule has 1 aromatic carbocycles. The molecule has 4 N–H and O–H groups in total. The van der Waals surface area contributed by atoms with E-state index in [0.717, 1.165) is 6.42 Å². The zero-order chi connectivity index (χ0) is 16.1. The molecule has 2 fully saturated rings. The number of phenols is 1. The smallest absolute Gasteiger partial charge is 0.188 e. The van der Waals surface area contributed by atoms with E-state index in [-0.39, 0.29) is 18.5 Å². The van der Waals surface area contributed by atoms with Crippen LogP contribution >= 0.6 is 0 Å². The van der Waals surface area contributed by atoms with Gasteiger partial charge in [0.15, 0.2) is 18.5 Å². The van der Waals surface area contributed by atoms with Gasteiger partial charge in [-0.25, -0.2) is 0 Å². The SMILES string of the molecule is CCCO.OCC1OC2OC2C(Oc2ccc(O)cc2)C1O. The Morgan fingerprint density at radius 3 is 2.32 bits per heavy atom. The molecule has 2 saturated heterocycles. The van der Waals surface area contributed by atoms with Crippen LogP contribution in [0.4, 0.5) is 0 Å². The van der Waals surface area contributed by atoms with E-state index in [1.807, 2.05) is 6.92 Å². The fraction of sp³-hybridized carbons (Fsp3) is 0.600. The highest BCUT2D eigenvalue weighted by molar-refractivity contribution is 5.30. The third-order valence-corrected chi connectivity index (χ3v) is 3.35. The Bertz CT molecular complexity index is 448. The first-order valence-corrected chi connectivity index (χ1v) is 7.27. The minimum absolute atomic E-state index is 0.142. The molecule has 0 aliphatic carbocycles. The first-order chi connectivity index (χ1) is 10.6. The highest BCUT2D eigenvalue weighted by atomic mass is 16.8. The number of hydrogen-bond acceptors (Lipinski definition) is 7. The van der Waals surface area contributed by atoms with Gasteiger partial charge in [-0.3, -0.25) is 0 Å². The number of benzene rings is 1. The van der Waals surface area contributed by atoms with Gasteiger partial charge >= 0.3 is 0 Å². The molecular weight excluding hydrogens is 292 g/mol. The standard InChI is InChI=1S/C12H14O6.C3H8O/c13-5-8-9(15)10(11-12(17-8)18-11)16-7-3-1-6(14)2-4-7;1-2-3-4/h1-4,8-15H,5H2;4H,2-3H2,1H3. The zero-order valence-electron chi connectivity index (χ0n) is 12.3. The van der Waals surface area contributed by atoms with Crippen molar-refractivity contribution in [3.8, 4) is 11.5 Å². The van der Waals surface area contributed by atoms with Crippen molar-refractivity contribution in [1.82, 2.24) is 0 Å². The number of aliphatic hydroxyl groups is 3. The predicted octanol–water partition coefficient (Wildman–Crippen LogP) is 0.00520. The van der Waals surface area contributed by atoms with E-state index in [0.29, 0.717) is 12.4 Å². The first kappa shape index (κ1) is 17.0. The van der Waals surface area contributed by atoms with E-state index in [1.165, 1.54) is 12.1 Å². The molecular formula is C15H22O7. The van der Waals surface area contributed by atoms with Gasteiger partial charge in [0.2, 0.25) is 0 Å². The molecule has 5 unspecified atom stereocenters. The number of rotatable bonds is 4. The maximum Gasteiger partial charge on any atom is 0.188 e. The molecule has 7 nitrogen and oxygen atoms in total. The lowest BCUT2D eigenvalue weighted by atomic mass is 10.0. The second kappa shape index (κ2) is 7.75. The van der Waals surface area contributed by atoms with E-state index in [1.54, 1.807) is 12.1 Å². The van der Waals surface area contributed by atoms with Gasteiger partial charge in [0.1, 0.15) is 23.7 Å². The molecule has 124 valence electrons. The Morgan fingerprint density at radius 2 is 1.77 bits per heavy atom. The maximum atomic E-state index is 10.0. The van der Waals surface area contributed by atoms with Crippen molar-refractivity contribution < 1.29 is 34.6 Å². The second-order valence-corrected chi connectivity index (χ2v) is 5.12. The van der Waals surface area contributed by atoms with Crippen LogP contribution < -0.4 is 4.74 Å². The number of phenolic OH excluding ortho intramolecular Hbond substituents is 1. The lowest BCUT2D eigenvalue weighted by Gasteiger charge is -2.31. The number of fused-ring (bicyclic) bond motifs is 1. The summed E-state index contributed by atoms with van der Waals surface area (Å²) in [5.41, 5.74) is 0. The molecule has 0 amide bonds. The molecule has 22 heavy (non-hydrogen) atoms. The molecule has 3 rings (SSSR count). The van der Waals surface area contributed by atoms with Crippen LogP contribution in [0, 0.1) is 0 Å². The number of aromatic hydroxyl groups is 1. The van der Waals surface area contributed by atoms with Crippen LogP contribution in [0.25, 0.3) is 0 Å². The van der Waals surface area contributed by atoms with Crippen molar-refractivity contribution in [2.45, 2.75) is 44.1 Å². The van der Waals surface area contributed by atoms with E-state index >= 15 is 0 Å². The number of epoxide rings is 1. The summed E-state index contributed by atoms with van der Waals surface area (Å²) in [6.45, 7) is 1.96. The van der Waals surface area contributed by atoms with Crippen LogP contribution in [0.15, 0.2) is 24.3 Å². The summed E-state index contributed by atoms with van der Waals surface area (Å²) in [6.07, 6.45) is -2.07. The van der Waals surface area contributed by atoms with E-state index in [4.69, 9.17) is 24.4 Å². The van der Waals surface area contributed by atoms with Crippen molar-refractivity contribution >= 4 is 0 Å². The van der Waals surface area contributed by atoms with Crippen LogP contribution in [0.2, 0.25) is 0 Å². The summed E-state index contributed by atoms with van der Waals surface area (Å²) in [7, 11) is 0. The summed E-state index contributed by atoms with van der Waals surface area (Å²) < 4.78 is 16.1. The van der Waals surface area contributed by atoms with Gasteiger partial charge in [0.05, 0.1) is 6.61 Å². The second-order valence-electron chi connectivity index (χ2n) is 5.12. The zero-order valence-corrected chi connectivity index (χ0v) is 12.3. The quantitative estimate of drug-likeness (QED) is 0.579. The summed E-state index contributed by atoms with van der Waals surface area (Å²) in [5.74, 6) is 0.661. The Morgan fingerprint density at radius 1 is 1.14 bits per heavy atom. The third-order valence-electron chi connectivity index (χ3n) is 3.35. The fourth-order valence-corrected chi connectivity index (χ4v) is 2.08. The van der Waals surface area contributed by atoms with Crippen molar-refractivity contribution in [2.24, 2.45) is 0 Å². The highest BCUT2D eigenvalue weighted by Gasteiger charge is 2.57. The molecule has 1 aromatic rings. The number of hydrogen-bond donors (Lipinski definition) is 4. The van der Waals surface area contributed by atoms with Gasteiger partial charge in [-0.15, -0.1) is 0 Å². The number of ether oxygens (including phenoxy) is 3. The summed E-state index contributed by atoms with van der Waals surface area (Å²) in [6, 6.07) is 6.19. The molecule has 0 bridgehead atoms. The lowest BCUT2D eigenvalue weighted by molar-refractivity contribution is -0.138. The molecule has 0 radical (unpaired) electrons. The molecule has 0 aromatic heterocycles. The van der Waals surface area contributed by atoms with Gasteiger partial charge in [-0.2, -0.15) is 0 Å². The van der Waals surface area contributed by atoms with Crippen molar-refractivity contribution in [3.63, 3.8) is 0 Å². The molecule has 2 aliphatic rings. The fourth-order valence-electron chi connectivity index (χ4n) is 2.08. The summed E-state index contributed by atoms with van der Waals surface area (Å²) >= 11 is 0. The maximum absolute atomic E-state index is 10.0. The minimum atomic E-state index is -0.951. The van der Waals surface area contributed by atoms with Gasteiger partial charge in [0, 0.05) is 6.61 Å². The number of aliphatic hydroxyl groups excluding tert-OH is 3. The largest absolute Gasteiger partial charge is 0.508 e. The summed E-state index contributed by atoms with van der Waals surface area (Å²) in [4.78, 5) is 0. The predicted molar refractivity (Wildman–Crippen MR) is 76.5 cm³/mol. The van der Waals surface area contributed by atoms with Crippen LogP contribution in [-0.2, 0) is 9.47 Å². The lowest BCUT2D eigenvalue weighted by Crippen LogP contribution is -2.51. The van der Waals surface area contributed by atoms with Crippen molar-refractivity contribution in [3.05, 3.63) is 24.3 Å². The topological polar surface area (TPSA) is 112 Å². The van der Waals surface area contributed by atoms with Crippen molar-refractivity contribution in [2.75, 3.05) is 13.2 Å². The molecule has 0 spiro atoms. The summed E-state index contributed by atoms with van der Waals surface area (Å²) in [5, 5.41) is 36.1. The monoisotopic (exact) mass is 314 g/mol. The highest BCUT2D eigenvalue weighted by Crippen LogP contribution is 2.37.